The van der Waals surface area contributed by atoms with Crippen LogP contribution in [-0.2, 0) is 0 Å². The first kappa shape index (κ1) is 12.7. The number of carbonyl (C=O) groups is 2. The molecule has 2 aromatic heterocycles. The lowest BCUT2D eigenvalue weighted by Gasteiger charge is -2.03. The zero-order chi connectivity index (χ0) is 13.1. The number of anilines is 1. The van der Waals surface area contributed by atoms with Gasteiger partial charge in [0.15, 0.2) is 0 Å². The fourth-order valence-electron chi connectivity index (χ4n) is 1.22. The molecule has 0 bridgehead atoms. The van der Waals surface area contributed by atoms with E-state index in [2.05, 4.69) is 26.2 Å². The molecule has 0 fully saturated rings. The molecule has 2 rings (SSSR count). The monoisotopic (exact) mass is 326 g/mol. The third kappa shape index (κ3) is 2.74. The predicted octanol–water partition coefficient (Wildman–Crippen LogP) is 2.86. The zero-order valence-corrected chi connectivity index (χ0v) is 11.3. The Hall–Kier alpha value is -1.73. The van der Waals surface area contributed by atoms with Crippen molar-refractivity contribution in [2.45, 2.75) is 0 Å². The van der Waals surface area contributed by atoms with Gasteiger partial charge < -0.3 is 10.4 Å². The fraction of sp³-hybridized carbons (Fsp3) is 0. The average Bonchev–Trinajstić information content (AvgIpc) is 2.81. The molecule has 0 aliphatic heterocycles. The number of thiophene rings is 1. The Morgan fingerprint density at radius 1 is 1.28 bits per heavy atom. The van der Waals surface area contributed by atoms with Crippen LogP contribution in [0.5, 0.6) is 0 Å². The van der Waals surface area contributed by atoms with Crippen molar-refractivity contribution in [1.82, 2.24) is 4.98 Å². The first-order valence-corrected chi connectivity index (χ1v) is 6.44. The van der Waals surface area contributed by atoms with Gasteiger partial charge in [0.05, 0.1) is 9.35 Å². The van der Waals surface area contributed by atoms with Crippen LogP contribution in [0.25, 0.3) is 0 Å². The van der Waals surface area contributed by atoms with E-state index in [4.69, 9.17) is 5.11 Å². The molecule has 2 heterocycles. The van der Waals surface area contributed by atoms with Crippen molar-refractivity contribution in [1.29, 1.82) is 0 Å². The first-order chi connectivity index (χ1) is 8.58. The summed E-state index contributed by atoms with van der Waals surface area (Å²) < 4.78 is 0.661. The van der Waals surface area contributed by atoms with E-state index >= 15 is 0 Å². The van der Waals surface area contributed by atoms with Gasteiger partial charge in [0.25, 0.3) is 5.91 Å². The Morgan fingerprint density at radius 3 is 2.61 bits per heavy atom. The van der Waals surface area contributed by atoms with E-state index in [9.17, 15) is 9.59 Å². The van der Waals surface area contributed by atoms with Crippen molar-refractivity contribution < 1.29 is 14.7 Å². The quantitative estimate of drug-likeness (QED) is 0.908. The SMILES string of the molecule is O=C(O)c1ccc(C(=O)Nc2ncccc2Br)s1. The number of hydrogen-bond acceptors (Lipinski definition) is 4. The maximum absolute atomic E-state index is 11.8. The topological polar surface area (TPSA) is 79.3 Å². The number of carboxylic acids is 1. The summed E-state index contributed by atoms with van der Waals surface area (Å²) in [7, 11) is 0. The number of aromatic nitrogens is 1. The van der Waals surface area contributed by atoms with Crippen molar-refractivity contribution in [3.05, 3.63) is 44.7 Å². The Labute approximate surface area is 115 Å². The molecule has 0 aromatic carbocycles. The second kappa shape index (κ2) is 5.28. The molecule has 7 heteroatoms. The molecule has 92 valence electrons. The van der Waals surface area contributed by atoms with Crippen LogP contribution in [0.1, 0.15) is 19.3 Å². The van der Waals surface area contributed by atoms with E-state index in [0.717, 1.165) is 11.3 Å². The van der Waals surface area contributed by atoms with Crippen LogP contribution in [0.2, 0.25) is 0 Å². The smallest absolute Gasteiger partial charge is 0.345 e. The van der Waals surface area contributed by atoms with Crippen LogP contribution in [-0.4, -0.2) is 22.0 Å². The van der Waals surface area contributed by atoms with Gasteiger partial charge in [0.2, 0.25) is 0 Å². The van der Waals surface area contributed by atoms with E-state index in [1.54, 1.807) is 18.3 Å². The number of carboxylic acid groups (broad SMARTS) is 1. The van der Waals surface area contributed by atoms with E-state index in [0.29, 0.717) is 15.2 Å². The normalized spacial score (nSPS) is 10.1. The molecule has 2 N–H and O–H groups in total. The van der Waals surface area contributed by atoms with Gasteiger partial charge in [0, 0.05) is 6.20 Å². The summed E-state index contributed by atoms with van der Waals surface area (Å²) in [6.45, 7) is 0. The molecule has 0 saturated carbocycles. The van der Waals surface area contributed by atoms with Crippen LogP contribution in [0.15, 0.2) is 34.9 Å². The summed E-state index contributed by atoms with van der Waals surface area (Å²) in [5, 5.41) is 11.4. The molecule has 0 radical (unpaired) electrons. The third-order valence-corrected chi connectivity index (χ3v) is 3.74. The van der Waals surface area contributed by atoms with Gasteiger partial charge in [-0.1, -0.05) is 0 Å². The van der Waals surface area contributed by atoms with Crippen LogP contribution >= 0.6 is 27.3 Å². The summed E-state index contributed by atoms with van der Waals surface area (Å²) in [5.41, 5.74) is 0. The Kier molecular flexibility index (Phi) is 3.73. The molecule has 0 aliphatic carbocycles. The Morgan fingerprint density at radius 2 is 2.00 bits per heavy atom. The maximum Gasteiger partial charge on any atom is 0.345 e. The number of nitrogens with zero attached hydrogens (tertiary/aromatic N) is 1. The highest BCUT2D eigenvalue weighted by molar-refractivity contribution is 9.10. The first-order valence-electron chi connectivity index (χ1n) is 4.83. The Balaban J connectivity index is 2.17. The zero-order valence-electron chi connectivity index (χ0n) is 8.88. The molecular weight excluding hydrogens is 320 g/mol. The molecule has 0 aliphatic rings. The molecule has 18 heavy (non-hydrogen) atoms. The summed E-state index contributed by atoms with van der Waals surface area (Å²) >= 11 is 4.18. The lowest BCUT2D eigenvalue weighted by molar-refractivity contribution is 0.0702. The molecular formula is C11H7BrN2O3S. The number of rotatable bonds is 3. The van der Waals surface area contributed by atoms with Crippen molar-refractivity contribution in [2.75, 3.05) is 5.32 Å². The van der Waals surface area contributed by atoms with Gasteiger partial charge in [-0.2, -0.15) is 0 Å². The van der Waals surface area contributed by atoms with Crippen LogP contribution in [0.3, 0.4) is 0 Å². The van der Waals surface area contributed by atoms with Gasteiger partial charge in [-0.25, -0.2) is 9.78 Å². The van der Waals surface area contributed by atoms with E-state index < -0.39 is 5.97 Å². The van der Waals surface area contributed by atoms with Crippen molar-refractivity contribution in [2.24, 2.45) is 0 Å². The number of hydrogen-bond donors (Lipinski definition) is 2. The number of carbonyl (C=O) groups excluding carboxylic acids is 1. The lowest BCUT2D eigenvalue weighted by atomic mass is 10.4. The van der Waals surface area contributed by atoms with Gasteiger partial charge in [-0.05, 0) is 40.2 Å². The number of amides is 1. The number of halogens is 1. The van der Waals surface area contributed by atoms with E-state index in [1.807, 2.05) is 0 Å². The fourth-order valence-corrected chi connectivity index (χ4v) is 2.32. The van der Waals surface area contributed by atoms with Gasteiger partial charge in [-0.15, -0.1) is 11.3 Å². The summed E-state index contributed by atoms with van der Waals surface area (Å²) in [5.74, 6) is -1.03. The summed E-state index contributed by atoms with van der Waals surface area (Å²) in [6.07, 6.45) is 1.55. The molecule has 0 saturated heterocycles. The minimum Gasteiger partial charge on any atom is -0.477 e. The second-order valence-electron chi connectivity index (χ2n) is 3.26. The van der Waals surface area contributed by atoms with E-state index in [1.165, 1.54) is 12.1 Å². The molecule has 1 amide bonds. The van der Waals surface area contributed by atoms with Crippen LogP contribution < -0.4 is 5.32 Å². The number of aromatic carboxylic acids is 1. The van der Waals surface area contributed by atoms with Gasteiger partial charge in [0.1, 0.15) is 10.7 Å². The number of nitrogens with one attached hydrogen (secondary N) is 1. The maximum atomic E-state index is 11.8. The van der Waals surface area contributed by atoms with Crippen molar-refractivity contribution in [3.8, 4) is 0 Å². The average molecular weight is 327 g/mol. The molecule has 5 nitrogen and oxygen atoms in total. The largest absolute Gasteiger partial charge is 0.477 e. The highest BCUT2D eigenvalue weighted by atomic mass is 79.9. The standard InChI is InChI=1S/C11H7BrN2O3S/c12-6-2-1-5-13-9(6)14-10(15)7-3-4-8(18-7)11(16)17/h1-5H,(H,16,17)(H,13,14,15). The van der Waals surface area contributed by atoms with Gasteiger partial charge >= 0.3 is 5.97 Å². The molecule has 0 spiro atoms. The van der Waals surface area contributed by atoms with Crippen LogP contribution in [0, 0.1) is 0 Å². The van der Waals surface area contributed by atoms with Crippen molar-refractivity contribution >= 4 is 45.0 Å². The highest BCUT2D eigenvalue weighted by Gasteiger charge is 2.14. The Bertz CT molecular complexity index is 612. The minimum atomic E-state index is -1.04. The number of pyridine rings is 1. The summed E-state index contributed by atoms with van der Waals surface area (Å²) in [6, 6.07) is 6.35. The molecule has 0 unspecified atom stereocenters. The second-order valence-corrected chi connectivity index (χ2v) is 5.20. The van der Waals surface area contributed by atoms with E-state index in [-0.39, 0.29) is 10.8 Å². The highest BCUT2D eigenvalue weighted by Crippen LogP contribution is 2.21. The predicted molar refractivity (Wildman–Crippen MR) is 71.2 cm³/mol. The molecule has 0 atom stereocenters. The minimum absolute atomic E-state index is 0.125. The van der Waals surface area contributed by atoms with Crippen molar-refractivity contribution in [3.63, 3.8) is 0 Å². The van der Waals surface area contributed by atoms with Gasteiger partial charge in [-0.3, -0.25) is 4.79 Å². The third-order valence-electron chi connectivity index (χ3n) is 2.03. The molecule has 2 aromatic rings. The summed E-state index contributed by atoms with van der Waals surface area (Å²) in [4.78, 5) is 27.0. The lowest BCUT2D eigenvalue weighted by Crippen LogP contribution is -2.11. The van der Waals surface area contributed by atoms with Crippen LogP contribution in [0.4, 0.5) is 5.82 Å².